The Bertz CT molecular complexity index is 202. The number of aliphatic imine (C=N–C) groups is 1. The first kappa shape index (κ1) is 10.6. The highest BCUT2D eigenvalue weighted by Gasteiger charge is 2.04. The van der Waals surface area contributed by atoms with Gasteiger partial charge in [0.2, 0.25) is 0 Å². The van der Waals surface area contributed by atoms with Gasteiger partial charge in [-0.1, -0.05) is 0 Å². The van der Waals surface area contributed by atoms with E-state index < -0.39 is 12.6 Å². The minimum atomic E-state index is -0.583. The lowest BCUT2D eigenvalue weighted by atomic mass is 10.3. The van der Waals surface area contributed by atoms with E-state index in [9.17, 15) is 9.18 Å². The van der Waals surface area contributed by atoms with Crippen LogP contribution in [0.4, 0.5) is 4.39 Å². The van der Waals surface area contributed by atoms with Crippen molar-refractivity contribution in [1.29, 1.82) is 0 Å². The van der Waals surface area contributed by atoms with Crippen molar-refractivity contribution in [3.05, 3.63) is 11.8 Å². The molecule has 4 nitrogen and oxygen atoms in total. The fraction of sp³-hybridized carbons (Fsp3) is 0.429. The first-order chi connectivity index (χ1) is 5.76. The van der Waals surface area contributed by atoms with Gasteiger partial charge in [-0.2, -0.15) is 0 Å². The van der Waals surface area contributed by atoms with E-state index in [1.807, 2.05) is 0 Å². The Hall–Kier alpha value is -1.39. The number of hydrogen-bond acceptors (Lipinski definition) is 4. The molecule has 0 atom stereocenters. The summed E-state index contributed by atoms with van der Waals surface area (Å²) in [7, 11) is 1.23. The number of methoxy groups -OCH3 is 1. The number of nitrogens with zero attached hydrogens (tertiary/aromatic N) is 1. The molecule has 0 aromatic heterocycles. The first-order valence-electron chi connectivity index (χ1n) is 3.32. The minimum absolute atomic E-state index is 0.0222. The molecule has 2 N–H and O–H groups in total. The summed E-state index contributed by atoms with van der Waals surface area (Å²) in [6, 6.07) is 0. The maximum atomic E-state index is 11.5. The number of carbonyl (C=O) groups excluding carboxylic acids is 1. The van der Waals surface area contributed by atoms with Crippen molar-refractivity contribution in [3.8, 4) is 0 Å². The molecule has 0 spiro atoms. The lowest BCUT2D eigenvalue weighted by Crippen LogP contribution is -2.08. The van der Waals surface area contributed by atoms with Gasteiger partial charge >= 0.3 is 5.97 Å². The van der Waals surface area contributed by atoms with Gasteiger partial charge in [-0.3, -0.25) is 4.99 Å². The summed E-state index contributed by atoms with van der Waals surface area (Å²) in [5.74, 6) is -0.583. The summed E-state index contributed by atoms with van der Waals surface area (Å²) in [4.78, 5) is 14.4. The molecule has 12 heavy (non-hydrogen) atoms. The largest absolute Gasteiger partial charge is 0.465 e. The third-order valence-corrected chi connectivity index (χ3v) is 1.04. The van der Waals surface area contributed by atoms with Crippen molar-refractivity contribution >= 4 is 12.2 Å². The third-order valence-electron chi connectivity index (χ3n) is 1.04. The Labute approximate surface area is 69.9 Å². The van der Waals surface area contributed by atoms with Gasteiger partial charge in [0.05, 0.1) is 19.2 Å². The van der Waals surface area contributed by atoms with E-state index >= 15 is 0 Å². The maximum Gasteiger partial charge on any atom is 0.340 e. The monoisotopic (exact) mass is 174 g/mol. The number of rotatable bonds is 4. The molecule has 68 valence electrons. The van der Waals surface area contributed by atoms with Crippen molar-refractivity contribution in [1.82, 2.24) is 0 Å². The van der Waals surface area contributed by atoms with Crippen LogP contribution in [0.2, 0.25) is 0 Å². The van der Waals surface area contributed by atoms with Crippen LogP contribution in [0.15, 0.2) is 16.8 Å². The molecule has 0 aromatic carbocycles. The van der Waals surface area contributed by atoms with Gasteiger partial charge in [0.1, 0.15) is 6.67 Å². The van der Waals surface area contributed by atoms with Crippen molar-refractivity contribution in [2.45, 2.75) is 0 Å². The van der Waals surface area contributed by atoms with Crippen molar-refractivity contribution in [2.75, 3.05) is 20.3 Å². The van der Waals surface area contributed by atoms with E-state index in [2.05, 4.69) is 9.73 Å². The van der Waals surface area contributed by atoms with Crippen LogP contribution in [0.1, 0.15) is 0 Å². The fourth-order valence-corrected chi connectivity index (χ4v) is 0.493. The van der Waals surface area contributed by atoms with Gasteiger partial charge in [-0.05, 0) is 0 Å². The Morgan fingerprint density at radius 3 is 2.83 bits per heavy atom. The molecule has 0 saturated heterocycles. The second kappa shape index (κ2) is 6.33. The molecule has 0 bridgehead atoms. The van der Waals surface area contributed by atoms with Gasteiger partial charge < -0.3 is 10.5 Å². The average Bonchev–Trinajstić information content (AvgIpc) is 2.11. The van der Waals surface area contributed by atoms with Crippen molar-refractivity contribution in [3.63, 3.8) is 0 Å². The van der Waals surface area contributed by atoms with E-state index in [0.717, 1.165) is 6.20 Å². The molecule has 0 aliphatic rings. The summed E-state index contributed by atoms with van der Waals surface area (Å²) in [5.41, 5.74) is 5.20. The van der Waals surface area contributed by atoms with E-state index in [4.69, 9.17) is 5.73 Å². The van der Waals surface area contributed by atoms with Crippen LogP contribution < -0.4 is 5.73 Å². The molecule has 0 radical (unpaired) electrons. The molecule has 0 aliphatic heterocycles. The second-order valence-corrected chi connectivity index (χ2v) is 1.84. The zero-order chi connectivity index (χ0) is 9.40. The summed E-state index contributed by atoms with van der Waals surface area (Å²) in [5, 5.41) is 0. The Balaban J connectivity index is 4.10. The number of alkyl halides is 1. The number of nitrogens with two attached hydrogens (primary N) is 1. The topological polar surface area (TPSA) is 64.7 Å². The number of esters is 1. The Morgan fingerprint density at radius 1 is 1.75 bits per heavy atom. The number of halogens is 1. The summed E-state index contributed by atoms with van der Waals surface area (Å²) in [6.07, 6.45) is 2.25. The molecular weight excluding hydrogens is 163 g/mol. The predicted molar refractivity (Wildman–Crippen MR) is 43.6 cm³/mol. The first-order valence-corrected chi connectivity index (χ1v) is 3.32. The van der Waals surface area contributed by atoms with Crippen molar-refractivity contribution in [2.24, 2.45) is 10.7 Å². The van der Waals surface area contributed by atoms with Crippen LogP contribution in [0, 0.1) is 0 Å². The standard InChI is InChI=1S/C7H11FN2O2/c1-12-7(11)6(4-9)5-10-3-2-8/h4-5H,2-3,9H2,1H3. The van der Waals surface area contributed by atoms with Crippen molar-refractivity contribution < 1.29 is 13.9 Å². The predicted octanol–water partition coefficient (Wildman–Crippen LogP) is 0.0423. The SMILES string of the molecule is COC(=O)C(C=NCCF)=CN. The molecule has 0 rings (SSSR count). The molecular formula is C7H11FN2O2. The highest BCUT2D eigenvalue weighted by Crippen LogP contribution is 1.90. The van der Waals surface area contributed by atoms with E-state index in [1.54, 1.807) is 0 Å². The van der Waals surface area contributed by atoms with Crippen LogP contribution in [0.3, 0.4) is 0 Å². The van der Waals surface area contributed by atoms with E-state index in [1.165, 1.54) is 13.3 Å². The number of carbonyl (C=O) groups is 1. The van der Waals surface area contributed by atoms with Gasteiger partial charge in [-0.15, -0.1) is 0 Å². The third kappa shape index (κ3) is 3.70. The highest BCUT2D eigenvalue weighted by molar-refractivity contribution is 6.09. The van der Waals surface area contributed by atoms with Crippen LogP contribution >= 0.6 is 0 Å². The van der Waals surface area contributed by atoms with Crippen LogP contribution in [0.25, 0.3) is 0 Å². The van der Waals surface area contributed by atoms with Gasteiger partial charge in [-0.25, -0.2) is 9.18 Å². The van der Waals surface area contributed by atoms with Gasteiger partial charge in [0, 0.05) is 12.4 Å². The molecule has 0 amide bonds. The molecule has 0 aromatic rings. The Kier molecular flexibility index (Phi) is 5.60. The van der Waals surface area contributed by atoms with E-state index in [0.29, 0.717) is 0 Å². The van der Waals surface area contributed by atoms with Gasteiger partial charge in [0.25, 0.3) is 0 Å². The maximum absolute atomic E-state index is 11.5. The minimum Gasteiger partial charge on any atom is -0.465 e. The zero-order valence-corrected chi connectivity index (χ0v) is 6.79. The molecule has 0 aliphatic carbocycles. The van der Waals surface area contributed by atoms with Crippen LogP contribution in [0.5, 0.6) is 0 Å². The lowest BCUT2D eigenvalue weighted by Gasteiger charge is -1.96. The fourth-order valence-electron chi connectivity index (χ4n) is 0.493. The molecule has 0 fully saturated rings. The summed E-state index contributed by atoms with van der Waals surface area (Å²) < 4.78 is 15.9. The van der Waals surface area contributed by atoms with E-state index in [-0.39, 0.29) is 12.1 Å². The quantitative estimate of drug-likeness (QED) is 0.372. The highest BCUT2D eigenvalue weighted by atomic mass is 19.1. The number of ether oxygens (including phenoxy) is 1. The summed E-state index contributed by atoms with van der Waals surface area (Å²) >= 11 is 0. The number of hydrogen-bond donors (Lipinski definition) is 1. The summed E-state index contributed by atoms with van der Waals surface area (Å²) in [6.45, 7) is -0.538. The molecule has 0 saturated carbocycles. The lowest BCUT2D eigenvalue weighted by molar-refractivity contribution is -0.135. The smallest absolute Gasteiger partial charge is 0.340 e. The molecule has 5 heteroatoms. The normalized spacial score (nSPS) is 12.0. The molecule has 0 heterocycles. The van der Waals surface area contributed by atoms with Gasteiger partial charge in [0.15, 0.2) is 0 Å². The molecule has 0 unspecified atom stereocenters. The average molecular weight is 174 g/mol. The zero-order valence-electron chi connectivity index (χ0n) is 6.79. The second-order valence-electron chi connectivity index (χ2n) is 1.84. The van der Waals surface area contributed by atoms with Crippen LogP contribution in [-0.2, 0) is 9.53 Å². The Morgan fingerprint density at radius 2 is 2.42 bits per heavy atom. The van der Waals surface area contributed by atoms with Crippen LogP contribution in [-0.4, -0.2) is 32.5 Å².